The number of ether oxygens (including phenoxy) is 5. The van der Waals surface area contributed by atoms with E-state index in [1.165, 1.54) is 0 Å². The van der Waals surface area contributed by atoms with Crippen molar-refractivity contribution in [3.63, 3.8) is 0 Å². The molecule has 9 heteroatoms. The van der Waals surface area contributed by atoms with E-state index in [-0.39, 0.29) is 18.1 Å². The number of amides is 1. The Balaban J connectivity index is 1.22. The van der Waals surface area contributed by atoms with Crippen LogP contribution in [-0.2, 0) is 25.6 Å². The van der Waals surface area contributed by atoms with Crippen molar-refractivity contribution in [3.8, 4) is 16.9 Å². The first kappa shape index (κ1) is 30.0. The highest BCUT2D eigenvalue weighted by molar-refractivity contribution is 6.07. The number of hydrogen-bond acceptors (Lipinski definition) is 7. The zero-order chi connectivity index (χ0) is 31.9. The number of aromatic amines is 1. The number of rotatable bonds is 4. The van der Waals surface area contributed by atoms with Crippen LogP contribution in [-0.4, -0.2) is 58.0 Å². The zero-order valence-corrected chi connectivity index (χ0v) is 27.4. The lowest BCUT2D eigenvalue weighted by Gasteiger charge is -2.30. The number of nitrogens with one attached hydrogen (secondary N) is 1. The molecule has 2 atom stereocenters. The maximum absolute atomic E-state index is 13.2. The molecule has 7 rings (SSSR count). The first-order valence-electron chi connectivity index (χ1n) is 15.8. The fourth-order valence-electron chi connectivity index (χ4n) is 6.67. The molecule has 2 saturated heterocycles. The van der Waals surface area contributed by atoms with Gasteiger partial charge in [-0.1, -0.05) is 18.2 Å². The molecule has 2 fully saturated rings. The van der Waals surface area contributed by atoms with Crippen LogP contribution >= 0.6 is 0 Å². The lowest BCUT2D eigenvalue weighted by atomic mass is 9.90. The van der Waals surface area contributed by atoms with Gasteiger partial charge in [-0.2, -0.15) is 0 Å². The van der Waals surface area contributed by atoms with Gasteiger partial charge in [-0.3, -0.25) is 4.90 Å². The van der Waals surface area contributed by atoms with E-state index >= 15 is 0 Å². The van der Waals surface area contributed by atoms with Crippen LogP contribution in [0.15, 0.2) is 42.5 Å². The van der Waals surface area contributed by atoms with E-state index in [1.54, 1.807) is 12.0 Å². The highest BCUT2D eigenvalue weighted by Crippen LogP contribution is 2.47. The van der Waals surface area contributed by atoms with Gasteiger partial charge in [0.2, 0.25) is 0 Å². The van der Waals surface area contributed by atoms with Crippen LogP contribution in [0.25, 0.3) is 32.9 Å². The van der Waals surface area contributed by atoms with Crippen molar-refractivity contribution in [3.05, 3.63) is 59.4 Å². The Morgan fingerprint density at radius 1 is 1.04 bits per heavy atom. The number of nitrogens with zero attached hydrogens (tertiary/aromatic N) is 2. The molecule has 238 valence electrons. The SMILES string of the molecule is COC[C@H]1C[C@@H](c2nc3c(ccc4cc5c(cc43)OCc3cc(C4OC(C)(C)C(C)(C)O4)ccc3-5)[nH]2)N(C(=O)OC(C)(C)C)C1. The number of fused-ring (bicyclic) bond motifs is 6. The van der Waals surface area contributed by atoms with E-state index in [2.05, 4.69) is 75.1 Å². The summed E-state index contributed by atoms with van der Waals surface area (Å²) in [7, 11) is 1.69. The summed E-state index contributed by atoms with van der Waals surface area (Å²) in [5, 5.41) is 2.07. The van der Waals surface area contributed by atoms with Gasteiger partial charge in [-0.25, -0.2) is 9.78 Å². The predicted octanol–water partition coefficient (Wildman–Crippen LogP) is 7.82. The lowest BCUT2D eigenvalue weighted by Crippen LogP contribution is -2.41. The van der Waals surface area contributed by atoms with Crippen molar-refractivity contribution in [1.29, 1.82) is 0 Å². The topological polar surface area (TPSA) is 95.1 Å². The van der Waals surface area contributed by atoms with Crippen molar-refractivity contribution in [2.45, 2.75) is 90.6 Å². The standard InChI is InChI=1S/C36H43N3O6/c1-34(2,3)45-33(40)39-17-20(18-41-8)13-28(39)31-37-27-12-10-21-15-26-24-11-9-22(32-43-35(4,5)36(6,7)44-32)14-23(24)19-42-29(26)16-25(21)30(27)38-31/h9-12,14-16,20,28,32H,13,17-19H2,1-8H3,(H,37,38)/t20-,28-/m0/s1. The zero-order valence-electron chi connectivity index (χ0n) is 27.4. The molecule has 1 N–H and O–H groups in total. The van der Waals surface area contributed by atoms with Gasteiger partial charge in [0.1, 0.15) is 23.8 Å². The molecule has 4 aromatic rings. The van der Waals surface area contributed by atoms with Crippen molar-refractivity contribution >= 4 is 27.9 Å². The first-order valence-corrected chi connectivity index (χ1v) is 15.8. The minimum Gasteiger partial charge on any atom is -0.488 e. The monoisotopic (exact) mass is 613 g/mol. The summed E-state index contributed by atoms with van der Waals surface area (Å²) in [5.74, 6) is 1.77. The summed E-state index contributed by atoms with van der Waals surface area (Å²) < 4.78 is 30.2. The number of aromatic nitrogens is 2. The van der Waals surface area contributed by atoms with Gasteiger partial charge in [-0.15, -0.1) is 0 Å². The maximum Gasteiger partial charge on any atom is 0.410 e. The van der Waals surface area contributed by atoms with E-state index in [9.17, 15) is 4.79 Å². The minimum absolute atomic E-state index is 0.197. The molecular weight excluding hydrogens is 570 g/mol. The van der Waals surface area contributed by atoms with Gasteiger partial charge >= 0.3 is 6.09 Å². The van der Waals surface area contributed by atoms with Gasteiger partial charge < -0.3 is 28.7 Å². The molecular formula is C36H43N3O6. The summed E-state index contributed by atoms with van der Waals surface area (Å²) in [6, 6.07) is 14.6. The van der Waals surface area contributed by atoms with E-state index in [0.29, 0.717) is 19.8 Å². The number of hydrogen-bond donors (Lipinski definition) is 1. The van der Waals surface area contributed by atoms with Crippen LogP contribution in [0.4, 0.5) is 4.79 Å². The predicted molar refractivity (Wildman–Crippen MR) is 172 cm³/mol. The van der Waals surface area contributed by atoms with Gasteiger partial charge in [0.25, 0.3) is 0 Å². The third-order valence-corrected chi connectivity index (χ3v) is 9.65. The molecule has 0 aliphatic carbocycles. The van der Waals surface area contributed by atoms with E-state index in [0.717, 1.165) is 62.1 Å². The van der Waals surface area contributed by atoms with Gasteiger partial charge in [0.05, 0.1) is 34.9 Å². The van der Waals surface area contributed by atoms with Crippen LogP contribution < -0.4 is 4.74 Å². The molecule has 9 nitrogen and oxygen atoms in total. The maximum atomic E-state index is 13.2. The van der Waals surface area contributed by atoms with Crippen molar-refractivity contribution in [2.24, 2.45) is 5.92 Å². The van der Waals surface area contributed by atoms with Gasteiger partial charge in [0, 0.05) is 36.1 Å². The molecule has 0 unspecified atom stereocenters. The third-order valence-electron chi connectivity index (χ3n) is 9.65. The summed E-state index contributed by atoms with van der Waals surface area (Å²) in [5.41, 5.74) is 4.68. The summed E-state index contributed by atoms with van der Waals surface area (Å²) in [6.07, 6.45) is -0.0100. The van der Waals surface area contributed by atoms with E-state index in [4.69, 9.17) is 28.7 Å². The van der Waals surface area contributed by atoms with Crippen molar-refractivity contribution in [2.75, 3.05) is 20.3 Å². The smallest absolute Gasteiger partial charge is 0.410 e. The van der Waals surface area contributed by atoms with Crippen LogP contribution in [0.1, 0.15) is 84.2 Å². The Morgan fingerprint density at radius 2 is 1.80 bits per heavy atom. The summed E-state index contributed by atoms with van der Waals surface area (Å²) >= 11 is 0. The van der Waals surface area contributed by atoms with Crippen LogP contribution in [0, 0.1) is 5.92 Å². The fourth-order valence-corrected chi connectivity index (χ4v) is 6.67. The quantitative estimate of drug-likeness (QED) is 0.251. The second kappa shape index (κ2) is 10.4. The Bertz CT molecular complexity index is 1790. The average Bonchev–Trinajstić information content (AvgIpc) is 3.64. The summed E-state index contributed by atoms with van der Waals surface area (Å²) in [4.78, 5) is 23.6. The second-order valence-electron chi connectivity index (χ2n) is 14.7. The molecule has 3 aromatic carbocycles. The number of methoxy groups -OCH3 is 1. The normalized spacial score (nSPS) is 22.4. The molecule has 1 aromatic heterocycles. The number of likely N-dealkylation sites (tertiary alicyclic amines) is 1. The van der Waals surface area contributed by atoms with Crippen molar-refractivity contribution < 1.29 is 28.5 Å². The van der Waals surface area contributed by atoms with Gasteiger partial charge in [-0.05, 0) is 95.7 Å². The second-order valence-corrected chi connectivity index (χ2v) is 14.7. The largest absolute Gasteiger partial charge is 0.488 e. The van der Waals surface area contributed by atoms with Crippen LogP contribution in [0.3, 0.4) is 0 Å². The third kappa shape index (κ3) is 5.24. The Hall–Kier alpha value is -3.66. The first-order chi connectivity index (χ1) is 21.2. The molecule has 0 spiro atoms. The molecule has 3 aliphatic rings. The van der Waals surface area contributed by atoms with E-state index < -0.39 is 23.1 Å². The molecule has 0 saturated carbocycles. The molecule has 4 heterocycles. The lowest BCUT2D eigenvalue weighted by molar-refractivity contribution is -0.0896. The Morgan fingerprint density at radius 3 is 2.51 bits per heavy atom. The molecule has 3 aliphatic heterocycles. The number of imidazole rings is 1. The number of carbonyl (C=O) groups excluding carboxylic acids is 1. The van der Waals surface area contributed by atoms with Crippen LogP contribution in [0.5, 0.6) is 5.75 Å². The highest BCUT2D eigenvalue weighted by Gasteiger charge is 2.49. The molecule has 1 amide bonds. The molecule has 45 heavy (non-hydrogen) atoms. The fraction of sp³-hybridized carbons (Fsp3) is 0.500. The molecule has 0 radical (unpaired) electrons. The van der Waals surface area contributed by atoms with Gasteiger partial charge in [0.15, 0.2) is 6.29 Å². The van der Waals surface area contributed by atoms with Crippen LogP contribution in [0.2, 0.25) is 0 Å². The Kier molecular flexibility index (Phi) is 6.96. The van der Waals surface area contributed by atoms with Crippen molar-refractivity contribution in [1.82, 2.24) is 14.9 Å². The number of carbonyl (C=O) groups is 1. The summed E-state index contributed by atoms with van der Waals surface area (Å²) in [6.45, 7) is 15.5. The van der Waals surface area contributed by atoms with E-state index in [1.807, 2.05) is 20.8 Å². The number of H-pyrrole nitrogens is 1. The highest BCUT2D eigenvalue weighted by atomic mass is 16.7. The number of benzene rings is 3. The Labute approximate surface area is 264 Å². The minimum atomic E-state index is -0.587. The average molecular weight is 614 g/mol. The molecule has 0 bridgehead atoms.